The van der Waals surface area contributed by atoms with Gasteiger partial charge in [-0.05, 0) is 17.7 Å². The molecule has 1 fully saturated rings. The zero-order valence-corrected chi connectivity index (χ0v) is 14.5. The molecular weight excluding hydrogens is 329 g/mol. The Bertz CT molecular complexity index is 576. The van der Waals surface area contributed by atoms with Gasteiger partial charge in [-0.2, -0.15) is 0 Å². The molecule has 1 aliphatic heterocycles. The first-order valence-electron chi connectivity index (χ1n) is 8.14. The van der Waals surface area contributed by atoms with Crippen LogP contribution >= 0.6 is 0 Å². The summed E-state index contributed by atoms with van der Waals surface area (Å²) in [5, 5.41) is 2.84. The molecule has 0 spiro atoms. The number of likely N-dealkylation sites (N-methyl/N-ethyl adjacent to an activating group) is 1. The highest BCUT2D eigenvalue weighted by Crippen LogP contribution is 2.21. The fraction of sp³-hybridized carbons (Fsp3) is 0.529. The molecule has 2 rings (SSSR count). The number of halogens is 1. The molecule has 1 aromatic carbocycles. The van der Waals surface area contributed by atoms with Crippen molar-refractivity contribution in [3.63, 3.8) is 0 Å². The minimum atomic E-state index is -0.571. The molecule has 1 aliphatic rings. The van der Waals surface area contributed by atoms with Gasteiger partial charge in [0.1, 0.15) is 12.4 Å². The molecule has 0 aromatic heterocycles. The molecule has 7 nitrogen and oxygen atoms in total. The number of nitrogens with zero attached hydrogens (tertiary/aromatic N) is 2. The largest absolute Gasteiger partial charge is 0.453 e. The average molecular weight is 353 g/mol. The van der Waals surface area contributed by atoms with Crippen LogP contribution in [0.2, 0.25) is 0 Å². The third kappa shape index (κ3) is 5.68. The van der Waals surface area contributed by atoms with Crippen molar-refractivity contribution >= 4 is 12.0 Å². The van der Waals surface area contributed by atoms with Crippen molar-refractivity contribution in [3.8, 4) is 0 Å². The Hall–Kier alpha value is -2.19. The summed E-state index contributed by atoms with van der Waals surface area (Å²) in [5.74, 6) is -0.582. The van der Waals surface area contributed by atoms with Crippen LogP contribution in [0.15, 0.2) is 24.3 Å². The second kappa shape index (κ2) is 9.33. The molecule has 1 heterocycles. The maximum Gasteiger partial charge on any atom is 0.409 e. The maximum absolute atomic E-state index is 13.2. The first kappa shape index (κ1) is 19.1. The zero-order valence-electron chi connectivity index (χ0n) is 14.5. The number of ether oxygens (including phenoxy) is 2. The molecule has 138 valence electrons. The highest BCUT2D eigenvalue weighted by molar-refractivity contribution is 5.82. The highest BCUT2D eigenvalue weighted by Gasteiger charge is 2.23. The molecule has 1 saturated heterocycles. The van der Waals surface area contributed by atoms with Gasteiger partial charge in [0.2, 0.25) is 5.91 Å². The lowest BCUT2D eigenvalue weighted by Crippen LogP contribution is -2.45. The van der Waals surface area contributed by atoms with Gasteiger partial charge in [0, 0.05) is 26.7 Å². The molecule has 0 saturated carbocycles. The maximum atomic E-state index is 13.2. The van der Waals surface area contributed by atoms with E-state index in [4.69, 9.17) is 4.74 Å². The van der Waals surface area contributed by atoms with Crippen molar-refractivity contribution in [1.82, 2.24) is 15.1 Å². The molecule has 0 radical (unpaired) electrons. The number of benzene rings is 1. The number of amides is 2. The lowest BCUT2D eigenvalue weighted by Gasteiger charge is -2.35. The lowest BCUT2D eigenvalue weighted by atomic mass is 10.0. The van der Waals surface area contributed by atoms with Crippen LogP contribution in [0, 0.1) is 5.82 Å². The fourth-order valence-electron chi connectivity index (χ4n) is 2.73. The number of rotatable bonds is 6. The van der Waals surface area contributed by atoms with E-state index in [1.165, 1.54) is 31.2 Å². The van der Waals surface area contributed by atoms with Crippen LogP contribution in [0.5, 0.6) is 0 Å². The van der Waals surface area contributed by atoms with Crippen molar-refractivity contribution in [2.75, 3.05) is 53.6 Å². The van der Waals surface area contributed by atoms with Gasteiger partial charge in [-0.15, -0.1) is 0 Å². The third-order valence-corrected chi connectivity index (χ3v) is 4.10. The van der Waals surface area contributed by atoms with Crippen LogP contribution in [0.3, 0.4) is 0 Å². The van der Waals surface area contributed by atoms with Gasteiger partial charge in [0.05, 0.1) is 26.4 Å². The summed E-state index contributed by atoms with van der Waals surface area (Å²) >= 11 is 0. The van der Waals surface area contributed by atoms with Crippen LogP contribution in [0.1, 0.15) is 11.6 Å². The van der Waals surface area contributed by atoms with Crippen molar-refractivity contribution < 1.29 is 23.5 Å². The van der Waals surface area contributed by atoms with Crippen LogP contribution in [-0.4, -0.2) is 75.4 Å². The number of carbonyl (C=O) groups excluding carboxylic acids is 2. The Balaban J connectivity index is 1.99. The Morgan fingerprint density at radius 2 is 1.96 bits per heavy atom. The third-order valence-electron chi connectivity index (χ3n) is 4.10. The second-order valence-corrected chi connectivity index (χ2v) is 5.85. The quantitative estimate of drug-likeness (QED) is 0.827. The van der Waals surface area contributed by atoms with E-state index in [2.05, 4.69) is 15.0 Å². The van der Waals surface area contributed by atoms with Gasteiger partial charge >= 0.3 is 6.09 Å². The normalized spacial score (nSPS) is 16.1. The number of carbonyl (C=O) groups is 2. The summed E-state index contributed by atoms with van der Waals surface area (Å²) in [6, 6.07) is 6.19. The highest BCUT2D eigenvalue weighted by atomic mass is 19.1. The first-order valence-corrected chi connectivity index (χ1v) is 8.14. The van der Waals surface area contributed by atoms with Crippen LogP contribution in [0.25, 0.3) is 0 Å². The minimum absolute atomic E-state index is 0.0862. The molecule has 25 heavy (non-hydrogen) atoms. The predicted octanol–water partition coefficient (Wildman–Crippen LogP) is 1.01. The van der Waals surface area contributed by atoms with Gasteiger partial charge < -0.3 is 19.7 Å². The van der Waals surface area contributed by atoms with Crippen LogP contribution in [-0.2, 0) is 14.3 Å². The van der Waals surface area contributed by atoms with E-state index in [-0.39, 0.29) is 24.3 Å². The van der Waals surface area contributed by atoms with E-state index in [1.807, 2.05) is 0 Å². The summed E-state index contributed by atoms with van der Waals surface area (Å²) < 4.78 is 23.1. The molecule has 1 atom stereocenters. The SMILES string of the molecule is COC(=O)N(C)CC(=O)NC[C@H](c1ccc(F)cc1)N1CCOCC1. The Morgan fingerprint density at radius 1 is 1.32 bits per heavy atom. The number of methoxy groups -OCH3 is 1. The number of morpholine rings is 1. The van der Waals surface area contributed by atoms with Crippen LogP contribution in [0.4, 0.5) is 9.18 Å². The van der Waals surface area contributed by atoms with E-state index < -0.39 is 6.09 Å². The summed E-state index contributed by atoms with van der Waals surface area (Å²) in [4.78, 5) is 26.8. The monoisotopic (exact) mass is 353 g/mol. The van der Waals surface area contributed by atoms with Gasteiger partial charge in [-0.1, -0.05) is 12.1 Å². The molecule has 2 amide bonds. The molecule has 8 heteroatoms. The summed E-state index contributed by atoms with van der Waals surface area (Å²) in [7, 11) is 2.75. The molecule has 1 N–H and O–H groups in total. The van der Waals surface area contributed by atoms with Crippen molar-refractivity contribution in [2.24, 2.45) is 0 Å². The lowest BCUT2D eigenvalue weighted by molar-refractivity contribution is -0.122. The molecule has 0 aliphatic carbocycles. The predicted molar refractivity (Wildman–Crippen MR) is 89.6 cm³/mol. The van der Waals surface area contributed by atoms with E-state index in [1.54, 1.807) is 12.1 Å². The smallest absolute Gasteiger partial charge is 0.409 e. The summed E-state index contributed by atoms with van der Waals surface area (Å²) in [5.41, 5.74) is 0.921. The van der Waals surface area contributed by atoms with Gasteiger partial charge in [0.25, 0.3) is 0 Å². The number of hydrogen-bond acceptors (Lipinski definition) is 5. The number of nitrogens with one attached hydrogen (secondary N) is 1. The van der Waals surface area contributed by atoms with E-state index in [0.29, 0.717) is 19.8 Å². The van der Waals surface area contributed by atoms with Gasteiger partial charge in [0.15, 0.2) is 0 Å². The minimum Gasteiger partial charge on any atom is -0.453 e. The molecule has 0 unspecified atom stereocenters. The van der Waals surface area contributed by atoms with Crippen LogP contribution < -0.4 is 5.32 Å². The molecule has 1 aromatic rings. The molecular formula is C17H24FN3O4. The summed E-state index contributed by atoms with van der Waals surface area (Å²) in [6.45, 7) is 2.98. The van der Waals surface area contributed by atoms with E-state index in [9.17, 15) is 14.0 Å². The number of hydrogen-bond donors (Lipinski definition) is 1. The fourth-order valence-corrected chi connectivity index (χ4v) is 2.73. The Morgan fingerprint density at radius 3 is 2.56 bits per heavy atom. The summed E-state index contributed by atoms with van der Waals surface area (Å²) in [6.07, 6.45) is -0.571. The topological polar surface area (TPSA) is 71.1 Å². The van der Waals surface area contributed by atoms with Gasteiger partial charge in [-0.3, -0.25) is 9.69 Å². The second-order valence-electron chi connectivity index (χ2n) is 5.85. The standard InChI is InChI=1S/C17H24FN3O4/c1-20(17(23)24-2)12-16(22)19-11-15(21-7-9-25-10-8-21)13-3-5-14(18)6-4-13/h3-6,15H,7-12H2,1-2H3,(H,19,22)/t15-/m1/s1. The van der Waals surface area contributed by atoms with E-state index in [0.717, 1.165) is 18.7 Å². The van der Waals surface area contributed by atoms with Crippen molar-refractivity contribution in [3.05, 3.63) is 35.6 Å². The van der Waals surface area contributed by atoms with Crippen molar-refractivity contribution in [2.45, 2.75) is 6.04 Å². The zero-order chi connectivity index (χ0) is 18.2. The molecule has 0 bridgehead atoms. The van der Waals surface area contributed by atoms with Crippen molar-refractivity contribution in [1.29, 1.82) is 0 Å². The Labute approximate surface area is 146 Å². The van der Waals surface area contributed by atoms with Gasteiger partial charge in [-0.25, -0.2) is 9.18 Å². The Kier molecular flexibility index (Phi) is 7.15. The average Bonchev–Trinajstić information content (AvgIpc) is 2.63. The van der Waals surface area contributed by atoms with E-state index >= 15 is 0 Å². The first-order chi connectivity index (χ1) is 12.0.